The fraction of sp³-hybridized carbons (Fsp3) is 0.444. The first-order valence-electron chi connectivity index (χ1n) is 8.39. The molecule has 0 aliphatic carbocycles. The summed E-state index contributed by atoms with van der Waals surface area (Å²) in [7, 11) is 0. The first kappa shape index (κ1) is 21.0. The molecule has 2 aromatic rings. The van der Waals surface area contributed by atoms with Crippen LogP contribution in [0.3, 0.4) is 0 Å². The summed E-state index contributed by atoms with van der Waals surface area (Å²) in [5, 5.41) is 4.02. The highest BCUT2D eigenvalue weighted by molar-refractivity contribution is 6.33. The van der Waals surface area contributed by atoms with Gasteiger partial charge in [0, 0.05) is 44.6 Å². The Morgan fingerprint density at radius 3 is 2.62 bits per heavy atom. The second-order valence-electron chi connectivity index (χ2n) is 6.58. The third-order valence-corrected chi connectivity index (χ3v) is 5.32. The highest BCUT2D eigenvalue weighted by Crippen LogP contribution is 2.29. The maximum absolute atomic E-state index is 12.4. The van der Waals surface area contributed by atoms with E-state index in [0.717, 1.165) is 31.7 Å². The van der Waals surface area contributed by atoms with E-state index >= 15 is 0 Å². The number of amides is 1. The van der Waals surface area contributed by atoms with Crippen molar-refractivity contribution in [3.8, 4) is 11.3 Å². The van der Waals surface area contributed by atoms with Gasteiger partial charge in [-0.15, -0.1) is 24.8 Å². The molecule has 0 spiro atoms. The lowest BCUT2D eigenvalue weighted by atomic mass is 10.0. The van der Waals surface area contributed by atoms with Gasteiger partial charge in [-0.3, -0.25) is 4.79 Å². The van der Waals surface area contributed by atoms with Gasteiger partial charge >= 0.3 is 0 Å². The fourth-order valence-corrected chi connectivity index (χ4v) is 3.87. The molecule has 2 aliphatic heterocycles. The van der Waals surface area contributed by atoms with E-state index in [1.54, 1.807) is 6.20 Å². The minimum absolute atomic E-state index is 0. The Hall–Kier alpha value is -1.27. The van der Waals surface area contributed by atoms with Crippen molar-refractivity contribution in [1.29, 1.82) is 0 Å². The van der Waals surface area contributed by atoms with Crippen LogP contribution >= 0.6 is 36.4 Å². The van der Waals surface area contributed by atoms with Gasteiger partial charge in [-0.1, -0.05) is 23.7 Å². The van der Waals surface area contributed by atoms with E-state index in [0.29, 0.717) is 41.4 Å². The molecular formula is C18H22Cl3N3O2. The molecule has 0 bridgehead atoms. The van der Waals surface area contributed by atoms with Crippen LogP contribution in [0.1, 0.15) is 12.3 Å². The quantitative estimate of drug-likeness (QED) is 0.826. The third-order valence-electron chi connectivity index (χ3n) is 4.99. The van der Waals surface area contributed by atoms with Crippen molar-refractivity contribution >= 4 is 42.3 Å². The molecule has 0 radical (unpaired) electrons. The van der Waals surface area contributed by atoms with Crippen molar-refractivity contribution in [2.24, 2.45) is 11.8 Å². The van der Waals surface area contributed by atoms with Gasteiger partial charge in [-0.05, 0) is 24.0 Å². The zero-order chi connectivity index (χ0) is 16.5. The number of carbonyl (C=O) groups is 1. The molecule has 0 unspecified atom stereocenters. The van der Waals surface area contributed by atoms with Crippen molar-refractivity contribution in [3.05, 3.63) is 41.4 Å². The summed E-state index contributed by atoms with van der Waals surface area (Å²) in [5.74, 6) is 2.68. The van der Waals surface area contributed by atoms with E-state index in [9.17, 15) is 4.79 Å². The summed E-state index contributed by atoms with van der Waals surface area (Å²) >= 11 is 6.17. The number of hydrogen-bond donors (Lipinski definition) is 1. The summed E-state index contributed by atoms with van der Waals surface area (Å²) in [4.78, 5) is 18.7. The average Bonchev–Trinajstić information content (AvgIpc) is 3.28. The molecule has 3 heterocycles. The molecule has 8 heteroatoms. The second-order valence-corrected chi connectivity index (χ2v) is 6.98. The van der Waals surface area contributed by atoms with Crippen LogP contribution in [-0.4, -0.2) is 42.0 Å². The van der Waals surface area contributed by atoms with Crippen LogP contribution in [0.25, 0.3) is 11.3 Å². The number of likely N-dealkylation sites (tertiary alicyclic amines) is 1. The highest BCUT2D eigenvalue weighted by Gasteiger charge is 2.37. The van der Waals surface area contributed by atoms with Crippen LogP contribution in [0.15, 0.2) is 34.9 Å². The molecule has 4 rings (SSSR count). The smallest absolute Gasteiger partial charge is 0.223 e. The normalized spacial score (nSPS) is 21.0. The Labute approximate surface area is 170 Å². The van der Waals surface area contributed by atoms with Crippen LogP contribution in [0.2, 0.25) is 5.02 Å². The van der Waals surface area contributed by atoms with Crippen molar-refractivity contribution in [2.45, 2.75) is 12.8 Å². The molecule has 2 fully saturated rings. The lowest BCUT2D eigenvalue weighted by Gasteiger charge is -2.16. The Morgan fingerprint density at radius 2 is 1.92 bits per heavy atom. The predicted octanol–water partition coefficient (Wildman–Crippen LogP) is 3.45. The molecule has 1 aromatic heterocycles. The SMILES string of the molecule is Cl.Cl.O=C(CCc1ncc(-c2ccccc2Cl)o1)N1C[C@H]2CNC[C@H]2C1. The van der Waals surface area contributed by atoms with E-state index in [1.807, 2.05) is 29.2 Å². The molecule has 1 aromatic carbocycles. The maximum atomic E-state index is 12.4. The summed E-state index contributed by atoms with van der Waals surface area (Å²) in [6.45, 7) is 3.84. The molecule has 0 saturated carbocycles. The van der Waals surface area contributed by atoms with Gasteiger partial charge in [0.2, 0.25) is 5.91 Å². The Kier molecular flexibility index (Phi) is 7.35. The Morgan fingerprint density at radius 1 is 1.23 bits per heavy atom. The molecular weight excluding hydrogens is 397 g/mol. The van der Waals surface area contributed by atoms with Gasteiger partial charge in [0.1, 0.15) is 0 Å². The van der Waals surface area contributed by atoms with Crippen LogP contribution in [-0.2, 0) is 11.2 Å². The van der Waals surface area contributed by atoms with Crippen LogP contribution < -0.4 is 5.32 Å². The molecule has 5 nitrogen and oxygen atoms in total. The number of nitrogens with zero attached hydrogens (tertiary/aromatic N) is 2. The molecule has 2 atom stereocenters. The lowest BCUT2D eigenvalue weighted by Crippen LogP contribution is -2.32. The van der Waals surface area contributed by atoms with Gasteiger partial charge in [-0.25, -0.2) is 4.98 Å². The van der Waals surface area contributed by atoms with E-state index in [2.05, 4.69) is 10.3 Å². The van der Waals surface area contributed by atoms with Crippen LogP contribution in [0.5, 0.6) is 0 Å². The standard InChI is InChI=1S/C18H20ClN3O2.2ClH/c19-15-4-2-1-3-14(15)16-9-21-17(24-16)5-6-18(23)22-10-12-7-20-8-13(12)11-22;;/h1-4,9,12-13,20H,5-8,10-11H2;2*1H/t12-,13+;;. The molecule has 2 saturated heterocycles. The minimum atomic E-state index is 0. The summed E-state index contributed by atoms with van der Waals surface area (Å²) in [5.41, 5.74) is 0.823. The van der Waals surface area contributed by atoms with E-state index < -0.39 is 0 Å². The zero-order valence-electron chi connectivity index (χ0n) is 14.2. The molecule has 2 aliphatic rings. The number of fused-ring (bicyclic) bond motifs is 1. The van der Waals surface area contributed by atoms with E-state index in [4.69, 9.17) is 16.0 Å². The topological polar surface area (TPSA) is 58.4 Å². The maximum Gasteiger partial charge on any atom is 0.223 e. The number of hydrogen-bond acceptors (Lipinski definition) is 4. The molecule has 26 heavy (non-hydrogen) atoms. The van der Waals surface area contributed by atoms with Crippen LogP contribution in [0, 0.1) is 11.8 Å². The Balaban J connectivity index is 0.00000121. The van der Waals surface area contributed by atoms with Gasteiger partial charge in [-0.2, -0.15) is 0 Å². The van der Waals surface area contributed by atoms with E-state index in [-0.39, 0.29) is 30.7 Å². The summed E-state index contributed by atoms with van der Waals surface area (Å²) in [6, 6.07) is 7.51. The average molecular weight is 419 g/mol. The number of nitrogens with one attached hydrogen (secondary N) is 1. The number of oxazole rings is 1. The Bertz CT molecular complexity index is 741. The van der Waals surface area contributed by atoms with Crippen molar-refractivity contribution in [2.75, 3.05) is 26.2 Å². The van der Waals surface area contributed by atoms with E-state index in [1.165, 1.54) is 0 Å². The number of rotatable bonds is 4. The van der Waals surface area contributed by atoms with Crippen LogP contribution in [0.4, 0.5) is 0 Å². The third kappa shape index (κ3) is 4.34. The number of benzene rings is 1. The number of aryl methyl sites for hydroxylation is 1. The first-order chi connectivity index (χ1) is 11.7. The first-order valence-corrected chi connectivity index (χ1v) is 8.76. The van der Waals surface area contributed by atoms with Gasteiger partial charge in [0.15, 0.2) is 11.7 Å². The van der Waals surface area contributed by atoms with Gasteiger partial charge in [0.05, 0.1) is 11.2 Å². The van der Waals surface area contributed by atoms with Gasteiger partial charge in [0.25, 0.3) is 0 Å². The van der Waals surface area contributed by atoms with Crippen molar-refractivity contribution in [1.82, 2.24) is 15.2 Å². The molecule has 1 N–H and O–H groups in total. The lowest BCUT2D eigenvalue weighted by molar-refractivity contribution is -0.130. The van der Waals surface area contributed by atoms with Crippen molar-refractivity contribution < 1.29 is 9.21 Å². The molecule has 1 amide bonds. The highest BCUT2D eigenvalue weighted by atomic mass is 35.5. The summed E-state index contributed by atoms with van der Waals surface area (Å²) < 4.78 is 5.76. The second kappa shape index (κ2) is 9.09. The zero-order valence-corrected chi connectivity index (χ0v) is 16.6. The van der Waals surface area contributed by atoms with Crippen molar-refractivity contribution in [3.63, 3.8) is 0 Å². The number of aromatic nitrogens is 1. The number of halogens is 3. The predicted molar refractivity (Wildman–Crippen MR) is 106 cm³/mol. The van der Waals surface area contributed by atoms with Gasteiger partial charge < -0.3 is 14.6 Å². The fourth-order valence-electron chi connectivity index (χ4n) is 3.64. The molecule has 142 valence electrons. The monoisotopic (exact) mass is 417 g/mol. The number of carbonyl (C=O) groups excluding carboxylic acids is 1. The minimum Gasteiger partial charge on any atom is -0.441 e. The summed E-state index contributed by atoms with van der Waals surface area (Å²) in [6.07, 6.45) is 2.63. The largest absolute Gasteiger partial charge is 0.441 e.